The van der Waals surface area contributed by atoms with Crippen LogP contribution in [0.2, 0.25) is 5.02 Å². The summed E-state index contributed by atoms with van der Waals surface area (Å²) in [7, 11) is 0. The van der Waals surface area contributed by atoms with Crippen LogP contribution in [0.25, 0.3) is 0 Å². The van der Waals surface area contributed by atoms with Gasteiger partial charge < -0.3 is 14.8 Å². The van der Waals surface area contributed by atoms with Crippen LogP contribution in [0.5, 0.6) is 5.88 Å². The van der Waals surface area contributed by atoms with E-state index in [4.69, 9.17) is 21.1 Å². The normalized spacial score (nSPS) is 12.5. The molecule has 0 aliphatic heterocycles. The highest BCUT2D eigenvalue weighted by atomic mass is 35.5. The minimum Gasteiger partial charge on any atom is -0.474 e. The van der Waals surface area contributed by atoms with Crippen LogP contribution in [0.1, 0.15) is 47.1 Å². The Morgan fingerprint density at radius 2 is 1.81 bits per heavy atom. The molecule has 0 saturated heterocycles. The van der Waals surface area contributed by atoms with E-state index in [1.807, 2.05) is 26.8 Å². The van der Waals surface area contributed by atoms with E-state index in [1.54, 1.807) is 6.20 Å². The Morgan fingerprint density at radius 1 is 1.14 bits per heavy atom. The van der Waals surface area contributed by atoms with Gasteiger partial charge in [-0.25, -0.2) is 4.98 Å². The highest BCUT2D eigenvalue weighted by molar-refractivity contribution is 6.31. The van der Waals surface area contributed by atoms with E-state index in [2.05, 4.69) is 31.1 Å². The molecule has 0 radical (unpaired) electrons. The maximum Gasteiger partial charge on any atom is 0.232 e. The Labute approximate surface area is 133 Å². The number of hydrogen-bond donors (Lipinski definition) is 1. The second-order valence-corrected chi connectivity index (χ2v) is 7.45. The van der Waals surface area contributed by atoms with Crippen molar-refractivity contribution in [2.45, 2.75) is 59.2 Å². The number of aromatic nitrogens is 1. The molecule has 0 aliphatic rings. The molecule has 1 heterocycles. The van der Waals surface area contributed by atoms with E-state index in [9.17, 15) is 0 Å². The van der Waals surface area contributed by atoms with Gasteiger partial charge in [0.05, 0.1) is 12.2 Å². The van der Waals surface area contributed by atoms with Crippen molar-refractivity contribution >= 4 is 11.6 Å². The highest BCUT2D eigenvalue weighted by Gasteiger charge is 2.12. The van der Waals surface area contributed by atoms with Crippen LogP contribution in [0, 0.1) is 0 Å². The molecular formula is C16H27ClN2O2. The SMILES string of the molecule is CC(C)(C)NCc1cnc(OCCOC(C)(C)C)c(Cl)c1. The quantitative estimate of drug-likeness (QED) is 0.811. The first kappa shape index (κ1) is 18.2. The van der Waals surface area contributed by atoms with E-state index in [0.717, 1.165) is 12.1 Å². The maximum atomic E-state index is 6.19. The van der Waals surface area contributed by atoms with Crippen LogP contribution in [0.15, 0.2) is 12.3 Å². The van der Waals surface area contributed by atoms with Crippen molar-refractivity contribution < 1.29 is 9.47 Å². The lowest BCUT2D eigenvalue weighted by Gasteiger charge is -2.21. The lowest BCUT2D eigenvalue weighted by molar-refractivity contribution is -0.0167. The fourth-order valence-electron chi connectivity index (χ4n) is 1.52. The lowest BCUT2D eigenvalue weighted by Crippen LogP contribution is -2.35. The molecule has 1 N–H and O–H groups in total. The molecule has 0 atom stereocenters. The molecule has 0 aromatic carbocycles. The molecule has 0 bridgehead atoms. The van der Waals surface area contributed by atoms with Crippen LogP contribution in [0.3, 0.4) is 0 Å². The van der Waals surface area contributed by atoms with Gasteiger partial charge in [0, 0.05) is 18.3 Å². The summed E-state index contributed by atoms with van der Waals surface area (Å²) in [6.07, 6.45) is 1.78. The van der Waals surface area contributed by atoms with Gasteiger partial charge in [-0.15, -0.1) is 0 Å². The molecule has 5 heteroatoms. The smallest absolute Gasteiger partial charge is 0.232 e. The van der Waals surface area contributed by atoms with Gasteiger partial charge in [0.2, 0.25) is 5.88 Å². The fourth-order valence-corrected chi connectivity index (χ4v) is 1.76. The number of hydrogen-bond acceptors (Lipinski definition) is 4. The average molecular weight is 315 g/mol. The summed E-state index contributed by atoms with van der Waals surface area (Å²) in [6.45, 7) is 14.1. The van der Waals surface area contributed by atoms with Crippen molar-refractivity contribution in [1.82, 2.24) is 10.3 Å². The molecular weight excluding hydrogens is 288 g/mol. The van der Waals surface area contributed by atoms with Crippen LogP contribution >= 0.6 is 11.6 Å². The van der Waals surface area contributed by atoms with Gasteiger partial charge >= 0.3 is 0 Å². The minimum atomic E-state index is -0.164. The van der Waals surface area contributed by atoms with Crippen LogP contribution in [-0.2, 0) is 11.3 Å². The van der Waals surface area contributed by atoms with Gasteiger partial charge in [-0.3, -0.25) is 0 Å². The van der Waals surface area contributed by atoms with Gasteiger partial charge in [0.1, 0.15) is 11.6 Å². The highest BCUT2D eigenvalue weighted by Crippen LogP contribution is 2.22. The standard InChI is InChI=1S/C16H27ClN2O2/c1-15(2,3)19-11-12-9-13(17)14(18-10-12)20-7-8-21-16(4,5)6/h9-10,19H,7-8,11H2,1-6H3. The Morgan fingerprint density at radius 3 is 2.33 bits per heavy atom. The predicted molar refractivity (Wildman–Crippen MR) is 87.0 cm³/mol. The van der Waals surface area contributed by atoms with Crippen molar-refractivity contribution in [3.63, 3.8) is 0 Å². The summed E-state index contributed by atoms with van der Waals surface area (Å²) in [5.74, 6) is 0.452. The monoisotopic (exact) mass is 314 g/mol. The molecule has 0 unspecified atom stereocenters. The molecule has 0 spiro atoms. The molecule has 4 nitrogen and oxygen atoms in total. The minimum absolute atomic E-state index is 0.0615. The summed E-state index contributed by atoms with van der Waals surface area (Å²) in [6, 6.07) is 1.88. The molecule has 21 heavy (non-hydrogen) atoms. The zero-order valence-electron chi connectivity index (χ0n) is 13.9. The Hall–Kier alpha value is -0.840. The Balaban J connectivity index is 2.47. The number of nitrogens with one attached hydrogen (secondary N) is 1. The molecule has 1 aromatic heterocycles. The van der Waals surface area contributed by atoms with Crippen molar-refractivity contribution in [3.05, 3.63) is 22.8 Å². The van der Waals surface area contributed by atoms with Gasteiger partial charge in [0.25, 0.3) is 0 Å². The van der Waals surface area contributed by atoms with E-state index >= 15 is 0 Å². The van der Waals surface area contributed by atoms with Crippen LogP contribution in [-0.4, -0.2) is 29.3 Å². The number of ether oxygens (including phenoxy) is 2. The zero-order chi connectivity index (χ0) is 16.1. The van der Waals surface area contributed by atoms with Gasteiger partial charge in [0.15, 0.2) is 0 Å². The Bertz CT molecular complexity index is 451. The maximum absolute atomic E-state index is 6.19. The van der Waals surface area contributed by atoms with E-state index in [-0.39, 0.29) is 11.1 Å². The van der Waals surface area contributed by atoms with E-state index in [0.29, 0.717) is 24.1 Å². The number of halogens is 1. The summed E-state index contributed by atoms with van der Waals surface area (Å²) >= 11 is 6.19. The summed E-state index contributed by atoms with van der Waals surface area (Å²) in [4.78, 5) is 4.26. The third kappa shape index (κ3) is 8.24. The summed E-state index contributed by atoms with van der Waals surface area (Å²) < 4.78 is 11.1. The number of pyridine rings is 1. The first-order valence-corrected chi connectivity index (χ1v) is 7.61. The number of rotatable bonds is 6. The Kier molecular flexibility index (Phi) is 6.44. The van der Waals surface area contributed by atoms with Gasteiger partial charge in [-0.1, -0.05) is 11.6 Å². The first-order valence-electron chi connectivity index (χ1n) is 7.23. The predicted octanol–water partition coefficient (Wildman–Crippen LogP) is 3.82. The van der Waals surface area contributed by atoms with Gasteiger partial charge in [-0.2, -0.15) is 0 Å². The molecule has 1 rings (SSSR count). The largest absolute Gasteiger partial charge is 0.474 e. The van der Waals surface area contributed by atoms with Crippen molar-refractivity contribution in [1.29, 1.82) is 0 Å². The fraction of sp³-hybridized carbons (Fsp3) is 0.688. The summed E-state index contributed by atoms with van der Waals surface area (Å²) in [5, 5.41) is 3.92. The van der Waals surface area contributed by atoms with Crippen LogP contribution < -0.4 is 10.1 Å². The molecule has 0 saturated carbocycles. The third-order valence-corrected chi connectivity index (χ3v) is 2.81. The van der Waals surface area contributed by atoms with Crippen LogP contribution in [0.4, 0.5) is 0 Å². The zero-order valence-corrected chi connectivity index (χ0v) is 14.7. The van der Waals surface area contributed by atoms with Gasteiger partial charge in [-0.05, 0) is 53.2 Å². The summed E-state index contributed by atoms with van der Waals surface area (Å²) in [5.41, 5.74) is 0.933. The lowest BCUT2D eigenvalue weighted by atomic mass is 10.1. The molecule has 120 valence electrons. The second-order valence-electron chi connectivity index (χ2n) is 7.04. The van der Waals surface area contributed by atoms with Crippen molar-refractivity contribution in [2.24, 2.45) is 0 Å². The third-order valence-electron chi connectivity index (χ3n) is 2.54. The van der Waals surface area contributed by atoms with E-state index in [1.165, 1.54) is 0 Å². The second kappa shape index (κ2) is 7.43. The molecule has 0 aliphatic carbocycles. The van der Waals surface area contributed by atoms with Crippen molar-refractivity contribution in [3.8, 4) is 5.88 Å². The molecule has 0 fully saturated rings. The number of nitrogens with zero attached hydrogens (tertiary/aromatic N) is 1. The molecule has 1 aromatic rings. The van der Waals surface area contributed by atoms with E-state index < -0.39 is 0 Å². The topological polar surface area (TPSA) is 43.4 Å². The first-order chi connectivity index (χ1) is 9.57. The molecule has 0 amide bonds. The average Bonchev–Trinajstić information content (AvgIpc) is 2.32. The van der Waals surface area contributed by atoms with Crippen molar-refractivity contribution in [2.75, 3.05) is 13.2 Å².